The molecule has 0 saturated heterocycles. The number of aryl methyl sites for hydroxylation is 2. The molecule has 0 atom stereocenters. The van der Waals surface area contributed by atoms with Crippen LogP contribution in [0, 0.1) is 25.2 Å². The van der Waals surface area contributed by atoms with Crippen LogP contribution < -0.4 is 19.5 Å². The quantitative estimate of drug-likeness (QED) is 0.620. The van der Waals surface area contributed by atoms with Gasteiger partial charge in [0.15, 0.2) is 11.5 Å². The molecule has 140 valence electrons. The zero-order chi connectivity index (χ0) is 20.0. The number of nitriles is 1. The smallest absolute Gasteiger partial charge is 0.266 e. The molecule has 0 aliphatic heterocycles. The number of carbonyl (C=O) groups is 1. The molecule has 0 bridgehead atoms. The summed E-state index contributed by atoms with van der Waals surface area (Å²) in [7, 11) is 4.50. The van der Waals surface area contributed by atoms with E-state index in [9.17, 15) is 10.1 Å². The monoisotopic (exact) mass is 366 g/mol. The van der Waals surface area contributed by atoms with E-state index in [0.717, 1.165) is 11.1 Å². The number of ether oxygens (including phenoxy) is 3. The highest BCUT2D eigenvalue weighted by Gasteiger charge is 2.17. The van der Waals surface area contributed by atoms with E-state index in [2.05, 4.69) is 5.32 Å². The molecular weight excluding hydrogens is 344 g/mol. The van der Waals surface area contributed by atoms with Crippen LogP contribution in [0.15, 0.2) is 35.9 Å². The number of anilines is 1. The highest BCUT2D eigenvalue weighted by molar-refractivity contribution is 6.10. The molecule has 27 heavy (non-hydrogen) atoms. The first-order chi connectivity index (χ1) is 13.0. The van der Waals surface area contributed by atoms with Crippen molar-refractivity contribution < 1.29 is 19.0 Å². The summed E-state index contributed by atoms with van der Waals surface area (Å²) in [5.74, 6) is 0.766. The molecule has 0 spiro atoms. The van der Waals surface area contributed by atoms with Crippen molar-refractivity contribution in [2.75, 3.05) is 26.6 Å². The topological polar surface area (TPSA) is 80.6 Å². The summed E-state index contributed by atoms with van der Waals surface area (Å²) in [6, 6.07) is 11.0. The van der Waals surface area contributed by atoms with Gasteiger partial charge >= 0.3 is 0 Å². The van der Waals surface area contributed by atoms with Crippen molar-refractivity contribution in [2.24, 2.45) is 0 Å². The summed E-state index contributed by atoms with van der Waals surface area (Å²) in [6.07, 6.45) is 1.46. The molecule has 0 saturated carbocycles. The minimum absolute atomic E-state index is 0.0526. The average molecular weight is 366 g/mol. The van der Waals surface area contributed by atoms with Gasteiger partial charge in [-0.15, -0.1) is 0 Å². The first-order valence-corrected chi connectivity index (χ1v) is 8.25. The second kappa shape index (κ2) is 8.77. The second-order valence-electron chi connectivity index (χ2n) is 5.81. The van der Waals surface area contributed by atoms with Crippen LogP contribution in [0.1, 0.15) is 16.7 Å². The third-order valence-corrected chi connectivity index (χ3v) is 4.12. The Morgan fingerprint density at radius 3 is 2.15 bits per heavy atom. The van der Waals surface area contributed by atoms with Crippen molar-refractivity contribution in [1.82, 2.24) is 0 Å². The second-order valence-corrected chi connectivity index (χ2v) is 5.81. The minimum atomic E-state index is -0.494. The first kappa shape index (κ1) is 19.9. The number of hydrogen-bond acceptors (Lipinski definition) is 5. The SMILES string of the molecule is COc1ccc(/C=C(\C#N)C(=O)Nc2c(C)cccc2C)c(OC)c1OC. The number of nitrogens with zero attached hydrogens (tertiary/aromatic N) is 1. The number of amides is 1. The molecule has 0 fully saturated rings. The Hall–Kier alpha value is -3.46. The molecule has 1 N–H and O–H groups in total. The van der Waals surface area contributed by atoms with Gasteiger partial charge in [-0.2, -0.15) is 5.26 Å². The molecule has 0 unspecified atom stereocenters. The van der Waals surface area contributed by atoms with Crippen molar-refractivity contribution in [3.8, 4) is 23.3 Å². The highest BCUT2D eigenvalue weighted by Crippen LogP contribution is 2.40. The van der Waals surface area contributed by atoms with E-state index in [0.29, 0.717) is 28.5 Å². The van der Waals surface area contributed by atoms with Crippen LogP contribution in [0.3, 0.4) is 0 Å². The number of benzene rings is 2. The number of carbonyl (C=O) groups excluding carboxylic acids is 1. The zero-order valence-corrected chi connectivity index (χ0v) is 16.0. The van der Waals surface area contributed by atoms with Gasteiger partial charge in [0.05, 0.1) is 21.3 Å². The van der Waals surface area contributed by atoms with Gasteiger partial charge in [0.2, 0.25) is 5.75 Å². The van der Waals surface area contributed by atoms with E-state index >= 15 is 0 Å². The lowest BCUT2D eigenvalue weighted by molar-refractivity contribution is -0.112. The Kier molecular flexibility index (Phi) is 6.45. The predicted octanol–water partition coefficient (Wildman–Crippen LogP) is 3.87. The van der Waals surface area contributed by atoms with E-state index in [4.69, 9.17) is 14.2 Å². The fourth-order valence-corrected chi connectivity index (χ4v) is 2.73. The Bertz CT molecular complexity index is 906. The number of rotatable bonds is 6. The average Bonchev–Trinajstić information content (AvgIpc) is 2.67. The van der Waals surface area contributed by atoms with Crippen molar-refractivity contribution in [3.63, 3.8) is 0 Å². The van der Waals surface area contributed by atoms with E-state index in [-0.39, 0.29) is 5.57 Å². The highest BCUT2D eigenvalue weighted by atomic mass is 16.5. The summed E-state index contributed by atoms with van der Waals surface area (Å²) in [5, 5.41) is 12.3. The van der Waals surface area contributed by atoms with E-state index < -0.39 is 5.91 Å². The maximum absolute atomic E-state index is 12.6. The lowest BCUT2D eigenvalue weighted by atomic mass is 10.1. The largest absolute Gasteiger partial charge is 0.493 e. The zero-order valence-electron chi connectivity index (χ0n) is 16.0. The van der Waals surface area contributed by atoms with Crippen LogP contribution in [0.2, 0.25) is 0 Å². The number of para-hydroxylation sites is 1. The fraction of sp³-hybridized carbons (Fsp3) is 0.238. The Morgan fingerprint density at radius 1 is 1.00 bits per heavy atom. The summed E-state index contributed by atoms with van der Waals surface area (Å²) in [5.41, 5.74) is 3.02. The molecule has 0 heterocycles. The molecule has 0 aliphatic carbocycles. The Morgan fingerprint density at radius 2 is 1.63 bits per heavy atom. The minimum Gasteiger partial charge on any atom is -0.493 e. The van der Waals surface area contributed by atoms with E-state index in [1.54, 1.807) is 12.1 Å². The van der Waals surface area contributed by atoms with E-state index in [1.165, 1.54) is 27.4 Å². The van der Waals surface area contributed by atoms with Crippen molar-refractivity contribution >= 4 is 17.7 Å². The van der Waals surface area contributed by atoms with Gasteiger partial charge < -0.3 is 19.5 Å². The molecule has 0 aliphatic rings. The fourth-order valence-electron chi connectivity index (χ4n) is 2.73. The Labute approximate surface area is 159 Å². The van der Waals surface area contributed by atoms with Crippen molar-refractivity contribution in [1.29, 1.82) is 5.26 Å². The predicted molar refractivity (Wildman–Crippen MR) is 104 cm³/mol. The molecule has 6 heteroatoms. The van der Waals surface area contributed by atoms with Crippen molar-refractivity contribution in [2.45, 2.75) is 13.8 Å². The van der Waals surface area contributed by atoms with Gasteiger partial charge in [-0.25, -0.2) is 0 Å². The van der Waals surface area contributed by atoms with Crippen LogP contribution in [0.4, 0.5) is 5.69 Å². The third-order valence-electron chi connectivity index (χ3n) is 4.12. The summed E-state index contributed by atoms with van der Waals surface area (Å²) in [4.78, 5) is 12.6. The van der Waals surface area contributed by atoms with E-state index in [1.807, 2.05) is 38.1 Å². The van der Waals surface area contributed by atoms with Crippen LogP contribution in [-0.4, -0.2) is 27.2 Å². The summed E-state index contributed by atoms with van der Waals surface area (Å²) < 4.78 is 16.0. The van der Waals surface area contributed by atoms with Gasteiger partial charge in [-0.05, 0) is 43.2 Å². The van der Waals surface area contributed by atoms with Gasteiger partial charge in [0.1, 0.15) is 11.6 Å². The number of nitrogens with one attached hydrogen (secondary N) is 1. The molecule has 2 aromatic rings. The number of methoxy groups -OCH3 is 3. The molecule has 6 nitrogen and oxygen atoms in total. The van der Waals surface area contributed by atoms with Crippen LogP contribution in [0.5, 0.6) is 17.2 Å². The van der Waals surface area contributed by atoms with Gasteiger partial charge in [-0.1, -0.05) is 18.2 Å². The van der Waals surface area contributed by atoms with Crippen molar-refractivity contribution in [3.05, 3.63) is 52.6 Å². The molecule has 0 aromatic heterocycles. The lowest BCUT2D eigenvalue weighted by Crippen LogP contribution is -2.15. The Balaban J connectivity index is 2.44. The molecule has 1 amide bonds. The van der Waals surface area contributed by atoms with Crippen LogP contribution in [0.25, 0.3) is 6.08 Å². The molecular formula is C21H22N2O4. The molecule has 0 radical (unpaired) electrons. The van der Waals surface area contributed by atoms with Crippen LogP contribution >= 0.6 is 0 Å². The number of hydrogen-bond donors (Lipinski definition) is 1. The van der Waals surface area contributed by atoms with Gasteiger partial charge in [0, 0.05) is 11.3 Å². The maximum Gasteiger partial charge on any atom is 0.266 e. The maximum atomic E-state index is 12.6. The molecule has 2 aromatic carbocycles. The van der Waals surface area contributed by atoms with Gasteiger partial charge in [-0.3, -0.25) is 4.79 Å². The standard InChI is InChI=1S/C21H22N2O4/c1-13-7-6-8-14(2)18(13)23-21(24)16(12-22)11-15-9-10-17(25-3)20(27-5)19(15)26-4/h6-11H,1-5H3,(H,23,24)/b16-11+. The normalized spacial score (nSPS) is 10.7. The first-order valence-electron chi connectivity index (χ1n) is 8.25. The molecule has 2 rings (SSSR count). The van der Waals surface area contributed by atoms with Crippen LogP contribution in [-0.2, 0) is 4.79 Å². The lowest BCUT2D eigenvalue weighted by Gasteiger charge is -2.14. The summed E-state index contributed by atoms with van der Waals surface area (Å²) in [6.45, 7) is 3.80. The third kappa shape index (κ3) is 4.21. The van der Waals surface area contributed by atoms with Gasteiger partial charge in [0.25, 0.3) is 5.91 Å². The summed E-state index contributed by atoms with van der Waals surface area (Å²) >= 11 is 0.